The smallest absolute Gasteiger partial charge is 0.358 e. The Balaban J connectivity index is 2.87. The Kier molecular flexibility index (Phi) is 2.92. The summed E-state index contributed by atoms with van der Waals surface area (Å²) >= 11 is 0. The second kappa shape index (κ2) is 3.95. The third-order valence-corrected chi connectivity index (χ3v) is 1.83. The van der Waals surface area contributed by atoms with Crippen molar-refractivity contribution in [2.24, 2.45) is 5.73 Å². The Hall–Kier alpha value is -1.49. The molecule has 0 aliphatic heterocycles. The average molecular weight is 181 g/mol. The van der Waals surface area contributed by atoms with Gasteiger partial charge in [-0.05, 0) is 22.4 Å². The normalized spacial score (nSPS) is 12.5. The maximum Gasteiger partial charge on any atom is 0.363 e. The second-order valence-corrected chi connectivity index (χ2v) is 2.72. The lowest BCUT2D eigenvalue weighted by atomic mass is 10.1. The van der Waals surface area contributed by atoms with Crippen molar-refractivity contribution in [3.63, 3.8) is 0 Å². The van der Waals surface area contributed by atoms with E-state index in [2.05, 4.69) is 4.98 Å². The van der Waals surface area contributed by atoms with Crippen LogP contribution < -0.4 is 5.73 Å². The van der Waals surface area contributed by atoms with Gasteiger partial charge in [0, 0.05) is 17.7 Å². The van der Waals surface area contributed by atoms with Gasteiger partial charge in [-0.2, -0.15) is 0 Å². The maximum atomic E-state index is 10.3. The molecule has 0 aliphatic carbocycles. The zero-order valence-electron chi connectivity index (χ0n) is 7.30. The van der Waals surface area contributed by atoms with E-state index in [4.69, 9.17) is 5.73 Å². The molecule has 13 heavy (non-hydrogen) atoms. The van der Waals surface area contributed by atoms with Gasteiger partial charge in [-0.3, -0.25) is 0 Å². The number of nitro groups is 1. The lowest BCUT2D eigenvalue weighted by Crippen LogP contribution is -2.08. The molecule has 1 rings (SSSR count). The maximum absolute atomic E-state index is 10.3. The highest BCUT2D eigenvalue weighted by Gasteiger charge is 2.09. The molecule has 0 fully saturated rings. The third kappa shape index (κ3) is 2.22. The Labute approximate surface area is 75.7 Å². The molecular weight excluding hydrogens is 170 g/mol. The van der Waals surface area contributed by atoms with E-state index in [0.717, 1.165) is 12.0 Å². The summed E-state index contributed by atoms with van der Waals surface area (Å²) in [7, 11) is 0. The monoisotopic (exact) mass is 181 g/mol. The minimum atomic E-state index is -0.527. The largest absolute Gasteiger partial charge is 0.363 e. The van der Waals surface area contributed by atoms with Crippen LogP contribution in [-0.2, 0) is 0 Å². The summed E-state index contributed by atoms with van der Waals surface area (Å²) in [6, 6.07) is 2.91. The van der Waals surface area contributed by atoms with Gasteiger partial charge in [0.05, 0.1) is 0 Å². The van der Waals surface area contributed by atoms with Gasteiger partial charge >= 0.3 is 5.82 Å². The van der Waals surface area contributed by atoms with Gasteiger partial charge in [0.1, 0.15) is 6.20 Å². The van der Waals surface area contributed by atoms with Crippen molar-refractivity contribution < 1.29 is 4.92 Å². The molecule has 1 heterocycles. The Morgan fingerprint density at radius 3 is 2.77 bits per heavy atom. The molecule has 70 valence electrons. The molecule has 0 aliphatic rings. The topological polar surface area (TPSA) is 82.0 Å². The molecule has 0 bridgehead atoms. The van der Waals surface area contributed by atoms with E-state index >= 15 is 0 Å². The molecule has 1 atom stereocenters. The molecule has 0 saturated heterocycles. The SMILES string of the molecule is CC[C@@H](N)c1ccc([N+](=O)[O-])nc1. The van der Waals surface area contributed by atoms with Crippen LogP contribution in [0.4, 0.5) is 5.82 Å². The molecule has 2 N–H and O–H groups in total. The van der Waals surface area contributed by atoms with Crippen LogP contribution in [0.2, 0.25) is 0 Å². The van der Waals surface area contributed by atoms with E-state index < -0.39 is 4.92 Å². The van der Waals surface area contributed by atoms with Crippen molar-refractivity contribution in [3.8, 4) is 0 Å². The summed E-state index contributed by atoms with van der Waals surface area (Å²) < 4.78 is 0. The molecule has 0 amide bonds. The summed E-state index contributed by atoms with van der Waals surface area (Å²) in [5.41, 5.74) is 6.54. The van der Waals surface area contributed by atoms with Gasteiger partial charge in [0.25, 0.3) is 0 Å². The number of hydrogen-bond donors (Lipinski definition) is 1. The van der Waals surface area contributed by atoms with Crippen LogP contribution in [0.5, 0.6) is 0 Å². The lowest BCUT2D eigenvalue weighted by Gasteiger charge is -2.05. The molecule has 0 spiro atoms. The van der Waals surface area contributed by atoms with Crippen LogP contribution in [0.15, 0.2) is 18.3 Å². The molecule has 5 nitrogen and oxygen atoms in total. The fraction of sp³-hybridized carbons (Fsp3) is 0.375. The zero-order valence-corrected chi connectivity index (χ0v) is 7.30. The molecule has 1 aromatic rings. The molecule has 1 aromatic heterocycles. The fourth-order valence-electron chi connectivity index (χ4n) is 0.961. The van der Waals surface area contributed by atoms with E-state index in [-0.39, 0.29) is 11.9 Å². The van der Waals surface area contributed by atoms with E-state index in [0.29, 0.717) is 0 Å². The van der Waals surface area contributed by atoms with Gasteiger partial charge in [0.15, 0.2) is 0 Å². The van der Waals surface area contributed by atoms with Gasteiger partial charge in [-0.1, -0.05) is 6.92 Å². The first kappa shape index (κ1) is 9.60. The first-order valence-corrected chi connectivity index (χ1v) is 4.01. The summed E-state index contributed by atoms with van der Waals surface area (Å²) in [6.07, 6.45) is 2.24. The number of rotatable bonds is 3. The van der Waals surface area contributed by atoms with Gasteiger partial charge in [-0.25, -0.2) is 0 Å². The van der Waals surface area contributed by atoms with Gasteiger partial charge < -0.3 is 15.8 Å². The number of hydrogen-bond acceptors (Lipinski definition) is 4. The van der Waals surface area contributed by atoms with Crippen molar-refractivity contribution in [1.82, 2.24) is 4.98 Å². The number of nitrogens with two attached hydrogens (primary N) is 1. The minimum absolute atomic E-state index is 0.0895. The molecule has 0 radical (unpaired) electrons. The van der Waals surface area contributed by atoms with E-state index in [1.807, 2.05) is 6.92 Å². The molecular formula is C8H11N3O2. The van der Waals surface area contributed by atoms with E-state index in [1.54, 1.807) is 6.07 Å². The van der Waals surface area contributed by atoms with Crippen LogP contribution in [0.25, 0.3) is 0 Å². The molecule has 5 heteroatoms. The molecule has 0 saturated carbocycles. The van der Waals surface area contributed by atoms with Crippen LogP contribution >= 0.6 is 0 Å². The number of pyridine rings is 1. The van der Waals surface area contributed by atoms with Crippen LogP contribution in [0.3, 0.4) is 0 Å². The summed E-state index contributed by atoms with van der Waals surface area (Å²) in [5.74, 6) is -0.146. The summed E-state index contributed by atoms with van der Waals surface area (Å²) in [6.45, 7) is 1.95. The Morgan fingerprint density at radius 2 is 2.38 bits per heavy atom. The van der Waals surface area contributed by atoms with Crippen molar-refractivity contribution >= 4 is 5.82 Å². The van der Waals surface area contributed by atoms with Crippen molar-refractivity contribution in [2.45, 2.75) is 19.4 Å². The average Bonchev–Trinajstić information content (AvgIpc) is 2.17. The van der Waals surface area contributed by atoms with Crippen molar-refractivity contribution in [3.05, 3.63) is 34.0 Å². The fourth-order valence-corrected chi connectivity index (χ4v) is 0.961. The highest BCUT2D eigenvalue weighted by atomic mass is 16.6. The number of nitrogens with zero attached hydrogens (tertiary/aromatic N) is 2. The predicted molar refractivity (Wildman–Crippen MR) is 48.1 cm³/mol. The first-order valence-electron chi connectivity index (χ1n) is 4.01. The first-order chi connectivity index (χ1) is 6.15. The molecule has 0 aromatic carbocycles. The highest BCUT2D eigenvalue weighted by molar-refractivity contribution is 5.24. The Morgan fingerprint density at radius 1 is 1.69 bits per heavy atom. The standard InChI is InChI=1S/C8H11N3O2/c1-2-7(9)6-3-4-8(10-5-6)11(12)13/h3-5,7H,2,9H2,1H3/t7-/m1/s1. The van der Waals surface area contributed by atoms with E-state index in [9.17, 15) is 10.1 Å². The van der Waals surface area contributed by atoms with Crippen LogP contribution in [-0.4, -0.2) is 9.91 Å². The predicted octanol–water partition coefficient (Wildman–Crippen LogP) is 1.40. The second-order valence-electron chi connectivity index (χ2n) is 2.72. The zero-order chi connectivity index (χ0) is 9.84. The van der Waals surface area contributed by atoms with Crippen LogP contribution in [0.1, 0.15) is 24.9 Å². The highest BCUT2D eigenvalue weighted by Crippen LogP contribution is 2.14. The van der Waals surface area contributed by atoms with E-state index in [1.165, 1.54) is 12.3 Å². The lowest BCUT2D eigenvalue weighted by molar-refractivity contribution is -0.389. The minimum Gasteiger partial charge on any atom is -0.358 e. The quantitative estimate of drug-likeness (QED) is 0.564. The van der Waals surface area contributed by atoms with Crippen LogP contribution in [0, 0.1) is 10.1 Å². The summed E-state index contributed by atoms with van der Waals surface area (Å²) in [4.78, 5) is 13.4. The van der Waals surface area contributed by atoms with Crippen molar-refractivity contribution in [1.29, 1.82) is 0 Å². The van der Waals surface area contributed by atoms with Gasteiger partial charge in [-0.15, -0.1) is 0 Å². The number of aromatic nitrogens is 1. The third-order valence-electron chi connectivity index (χ3n) is 1.83. The Bertz CT molecular complexity index is 297. The van der Waals surface area contributed by atoms with Crippen molar-refractivity contribution in [2.75, 3.05) is 0 Å². The summed E-state index contributed by atoms with van der Waals surface area (Å²) in [5, 5.41) is 10.3. The van der Waals surface area contributed by atoms with Gasteiger partial charge in [0.2, 0.25) is 0 Å². The molecule has 0 unspecified atom stereocenters.